The summed E-state index contributed by atoms with van der Waals surface area (Å²) in [4.78, 5) is 44.7. The predicted octanol–water partition coefficient (Wildman–Crippen LogP) is 5.43. The van der Waals surface area contributed by atoms with Gasteiger partial charge in [0.05, 0.1) is 17.4 Å². The highest BCUT2D eigenvalue weighted by Crippen LogP contribution is 2.44. The molecule has 0 spiro atoms. The number of carbonyl (C=O) groups excluding carboxylic acids is 3. The van der Waals surface area contributed by atoms with Crippen molar-refractivity contribution in [2.75, 3.05) is 0 Å². The van der Waals surface area contributed by atoms with Crippen LogP contribution in [0.1, 0.15) is 84.1 Å². The molecule has 1 amide bonds. The lowest BCUT2D eigenvalue weighted by atomic mass is 9.91. The van der Waals surface area contributed by atoms with Gasteiger partial charge in [-0.15, -0.1) is 0 Å². The van der Waals surface area contributed by atoms with Gasteiger partial charge in [-0.05, 0) is 77.5 Å². The molecule has 32 heavy (non-hydrogen) atoms. The summed E-state index contributed by atoms with van der Waals surface area (Å²) < 4.78 is 5.86. The average molecular weight is 444 g/mol. The minimum Gasteiger partial charge on any atom is -0.427 e. The van der Waals surface area contributed by atoms with Crippen LogP contribution in [0.5, 0.6) is 0 Å². The van der Waals surface area contributed by atoms with Gasteiger partial charge in [-0.1, -0.05) is 38.5 Å². The number of ether oxygens (including phenoxy) is 1. The van der Waals surface area contributed by atoms with E-state index in [9.17, 15) is 14.4 Å². The second-order valence-electron chi connectivity index (χ2n) is 11.5. The van der Waals surface area contributed by atoms with Crippen LogP contribution in [-0.2, 0) is 24.0 Å². The lowest BCUT2D eigenvalue weighted by Crippen LogP contribution is -2.47. The monoisotopic (exact) mass is 443 g/mol. The molecule has 2 rings (SSSR count). The molecule has 1 aromatic rings. The Hall–Kier alpha value is -2.63. The Morgan fingerprint density at radius 1 is 0.969 bits per heavy atom. The second kappa shape index (κ2) is 8.38. The maximum absolute atomic E-state index is 13.7. The Kier molecular flexibility index (Phi) is 6.71. The van der Waals surface area contributed by atoms with Crippen molar-refractivity contribution in [3.8, 4) is 0 Å². The van der Waals surface area contributed by atoms with E-state index in [1.165, 1.54) is 0 Å². The number of amides is 1. The summed E-state index contributed by atoms with van der Waals surface area (Å²) in [6.07, 6.45) is 0.182. The first-order valence-corrected chi connectivity index (χ1v) is 11.0. The molecule has 0 N–H and O–H groups in total. The van der Waals surface area contributed by atoms with Crippen LogP contribution in [0.2, 0.25) is 0 Å². The van der Waals surface area contributed by atoms with Crippen molar-refractivity contribution < 1.29 is 24.0 Å². The SMILES string of the molecule is Cc1cc(C)c(C2=C(OC(=O)CC(C)(C)C)C(C)(C)N(OC(=O)C(C)(C)C)C2=O)c(C)c1. The van der Waals surface area contributed by atoms with Crippen molar-refractivity contribution in [1.29, 1.82) is 0 Å². The van der Waals surface area contributed by atoms with Gasteiger partial charge in [-0.3, -0.25) is 9.59 Å². The van der Waals surface area contributed by atoms with E-state index in [4.69, 9.17) is 9.57 Å². The first kappa shape index (κ1) is 25.6. The number of rotatable bonds is 4. The van der Waals surface area contributed by atoms with E-state index in [2.05, 4.69) is 0 Å². The molecule has 0 saturated carbocycles. The van der Waals surface area contributed by atoms with Crippen molar-refractivity contribution in [3.05, 3.63) is 40.1 Å². The van der Waals surface area contributed by atoms with E-state index in [0.717, 1.165) is 21.8 Å². The van der Waals surface area contributed by atoms with Crippen LogP contribution in [0.25, 0.3) is 5.57 Å². The fourth-order valence-corrected chi connectivity index (χ4v) is 3.78. The lowest BCUT2D eigenvalue weighted by Gasteiger charge is -2.33. The Morgan fingerprint density at radius 3 is 1.91 bits per heavy atom. The standard InChI is InChI=1S/C26H37NO5/c1-15-12-16(2)19(17(3)13-15)20-21(31-18(28)14-24(4,5)6)26(10,11)27(22(20)29)32-23(30)25(7,8)9/h12-13H,14H2,1-11H3. The van der Waals surface area contributed by atoms with Crippen molar-refractivity contribution in [2.24, 2.45) is 10.8 Å². The van der Waals surface area contributed by atoms with Gasteiger partial charge in [0.25, 0.3) is 5.91 Å². The van der Waals surface area contributed by atoms with Gasteiger partial charge in [0, 0.05) is 0 Å². The fourth-order valence-electron chi connectivity index (χ4n) is 3.78. The van der Waals surface area contributed by atoms with E-state index in [1.54, 1.807) is 34.6 Å². The van der Waals surface area contributed by atoms with Gasteiger partial charge in [-0.2, -0.15) is 5.06 Å². The van der Waals surface area contributed by atoms with Crippen LogP contribution in [-0.4, -0.2) is 28.4 Å². The molecule has 1 aliphatic heterocycles. The largest absolute Gasteiger partial charge is 0.427 e. The van der Waals surface area contributed by atoms with E-state index in [1.807, 2.05) is 53.7 Å². The molecule has 0 radical (unpaired) electrons. The van der Waals surface area contributed by atoms with Gasteiger partial charge in [-0.25, -0.2) is 4.79 Å². The third kappa shape index (κ3) is 5.22. The number of carbonyl (C=O) groups is 3. The Bertz CT molecular complexity index is 963. The molecule has 0 saturated heterocycles. The number of aryl methyl sites for hydroxylation is 3. The van der Waals surface area contributed by atoms with Crippen molar-refractivity contribution >= 4 is 23.4 Å². The highest BCUT2D eigenvalue weighted by atomic mass is 16.7. The quantitative estimate of drug-likeness (QED) is 0.580. The molecule has 0 aliphatic carbocycles. The molecular formula is C26H37NO5. The van der Waals surface area contributed by atoms with Crippen LogP contribution in [0.3, 0.4) is 0 Å². The number of hydrogen-bond acceptors (Lipinski definition) is 5. The minimum atomic E-state index is -1.16. The Labute approximate surface area is 191 Å². The van der Waals surface area contributed by atoms with E-state index in [0.29, 0.717) is 5.56 Å². The van der Waals surface area contributed by atoms with E-state index < -0.39 is 28.8 Å². The second-order valence-corrected chi connectivity index (χ2v) is 11.5. The smallest absolute Gasteiger partial charge is 0.337 e. The maximum Gasteiger partial charge on any atom is 0.337 e. The molecule has 1 heterocycles. The van der Waals surface area contributed by atoms with Crippen LogP contribution in [0, 0.1) is 31.6 Å². The molecule has 0 fully saturated rings. The van der Waals surface area contributed by atoms with Crippen molar-refractivity contribution in [1.82, 2.24) is 5.06 Å². The summed E-state index contributed by atoms with van der Waals surface area (Å²) in [5.41, 5.74) is 1.54. The molecule has 1 aliphatic rings. The average Bonchev–Trinajstić information content (AvgIpc) is 2.73. The van der Waals surface area contributed by atoms with E-state index in [-0.39, 0.29) is 23.2 Å². The van der Waals surface area contributed by atoms with Crippen LogP contribution in [0.4, 0.5) is 0 Å². The van der Waals surface area contributed by atoms with Crippen LogP contribution >= 0.6 is 0 Å². The zero-order valence-electron chi connectivity index (χ0n) is 21.4. The normalized spacial score (nSPS) is 16.5. The van der Waals surface area contributed by atoms with Crippen LogP contribution < -0.4 is 0 Å². The molecule has 176 valence electrons. The summed E-state index contributed by atoms with van der Waals surface area (Å²) >= 11 is 0. The third-order valence-electron chi connectivity index (χ3n) is 5.29. The van der Waals surface area contributed by atoms with Gasteiger partial charge in [0.2, 0.25) is 0 Å². The van der Waals surface area contributed by atoms with Gasteiger partial charge in [0.1, 0.15) is 11.3 Å². The first-order valence-electron chi connectivity index (χ1n) is 11.0. The summed E-state index contributed by atoms with van der Waals surface area (Å²) in [7, 11) is 0. The maximum atomic E-state index is 13.7. The summed E-state index contributed by atoms with van der Waals surface area (Å²) in [6.45, 7) is 20.2. The van der Waals surface area contributed by atoms with Gasteiger partial charge < -0.3 is 9.57 Å². The topological polar surface area (TPSA) is 72.9 Å². The van der Waals surface area contributed by atoms with E-state index >= 15 is 0 Å². The number of esters is 1. The summed E-state index contributed by atoms with van der Waals surface area (Å²) in [6, 6.07) is 3.96. The molecule has 6 nitrogen and oxygen atoms in total. The number of nitrogens with zero attached hydrogens (tertiary/aromatic N) is 1. The van der Waals surface area contributed by atoms with Gasteiger partial charge >= 0.3 is 11.9 Å². The summed E-state index contributed by atoms with van der Waals surface area (Å²) in [5.74, 6) is -1.27. The number of hydrogen-bond donors (Lipinski definition) is 0. The third-order valence-corrected chi connectivity index (χ3v) is 5.29. The highest BCUT2D eigenvalue weighted by Gasteiger charge is 2.52. The first-order chi connectivity index (χ1) is 14.4. The number of benzene rings is 1. The molecular weight excluding hydrogens is 406 g/mol. The zero-order valence-corrected chi connectivity index (χ0v) is 21.4. The molecule has 1 aromatic carbocycles. The molecule has 0 bridgehead atoms. The highest BCUT2D eigenvalue weighted by molar-refractivity contribution is 6.24. The number of hydroxylamine groups is 2. The van der Waals surface area contributed by atoms with Gasteiger partial charge in [0.15, 0.2) is 0 Å². The fraction of sp³-hybridized carbons (Fsp3) is 0.577. The Balaban J connectivity index is 2.67. The van der Waals surface area contributed by atoms with Crippen LogP contribution in [0.15, 0.2) is 17.9 Å². The zero-order chi connectivity index (χ0) is 24.8. The molecule has 0 atom stereocenters. The van der Waals surface area contributed by atoms with Crippen molar-refractivity contribution in [2.45, 2.75) is 88.1 Å². The Morgan fingerprint density at radius 2 is 1.47 bits per heavy atom. The summed E-state index contributed by atoms with van der Waals surface area (Å²) in [5, 5.41) is 1.05. The predicted molar refractivity (Wildman–Crippen MR) is 124 cm³/mol. The molecule has 0 unspecified atom stereocenters. The molecule has 0 aromatic heterocycles. The van der Waals surface area contributed by atoms with Crippen molar-refractivity contribution in [3.63, 3.8) is 0 Å². The lowest BCUT2D eigenvalue weighted by molar-refractivity contribution is -0.217. The molecule has 6 heteroatoms. The minimum absolute atomic E-state index is 0.182.